The van der Waals surface area contributed by atoms with E-state index in [1.165, 1.54) is 21.5 Å². The zero-order valence-electron chi connectivity index (χ0n) is 43.8. The van der Waals surface area contributed by atoms with Crippen molar-refractivity contribution >= 4 is 66.7 Å². The van der Waals surface area contributed by atoms with Gasteiger partial charge in [-0.15, -0.1) is 0 Å². The van der Waals surface area contributed by atoms with Gasteiger partial charge in [0.15, 0.2) is 0 Å². The molecular weight excluding hydrogens is 969 g/mol. The van der Waals surface area contributed by atoms with E-state index in [0.717, 1.165) is 112 Å². The molecule has 0 saturated heterocycles. The monoisotopic (exact) mass is 1020 g/mol. The Morgan fingerprint density at radius 2 is 0.487 bits per heavy atom. The molecule has 1 heterocycles. The molecule has 0 fully saturated rings. The van der Waals surface area contributed by atoms with Gasteiger partial charge in [-0.25, -0.2) is 9.97 Å². The Bertz CT molecular complexity index is 4130. The average molecular weight is 1020 g/mol. The van der Waals surface area contributed by atoms with E-state index >= 15 is 0 Å². The highest BCUT2D eigenvalue weighted by Crippen LogP contribution is 2.44. The summed E-state index contributed by atoms with van der Waals surface area (Å²) >= 11 is 0. The summed E-state index contributed by atoms with van der Waals surface area (Å²) in [5.41, 5.74) is 21.0. The smallest absolute Gasteiger partial charge is 0.0973 e. The fourth-order valence-corrected chi connectivity index (χ4v) is 11.3. The highest BCUT2D eigenvalue weighted by molar-refractivity contribution is 5.97. The molecule has 4 nitrogen and oxygen atoms in total. The molecule has 0 spiro atoms. The second-order valence-electron chi connectivity index (χ2n) is 20.2. The number of benzene rings is 13. The van der Waals surface area contributed by atoms with Crippen molar-refractivity contribution in [2.45, 2.75) is 0 Å². The molecule has 0 amide bonds. The van der Waals surface area contributed by atoms with E-state index in [1.54, 1.807) is 0 Å². The van der Waals surface area contributed by atoms with E-state index in [2.05, 4.69) is 301 Å². The van der Waals surface area contributed by atoms with Gasteiger partial charge in [0.25, 0.3) is 0 Å². The number of hydrogen-bond acceptors (Lipinski definition) is 4. The number of anilines is 6. The normalized spacial score (nSPS) is 11.2. The Kier molecular flexibility index (Phi) is 12.6. The summed E-state index contributed by atoms with van der Waals surface area (Å²) in [5.74, 6) is 0. The molecule has 14 rings (SSSR count). The van der Waals surface area contributed by atoms with Crippen molar-refractivity contribution < 1.29 is 0 Å². The summed E-state index contributed by atoms with van der Waals surface area (Å²) < 4.78 is 0. The third-order valence-corrected chi connectivity index (χ3v) is 15.2. The van der Waals surface area contributed by atoms with Crippen molar-refractivity contribution in [3.63, 3.8) is 0 Å². The quantitative estimate of drug-likeness (QED) is 0.122. The van der Waals surface area contributed by atoms with Crippen LogP contribution in [0.15, 0.2) is 315 Å². The van der Waals surface area contributed by atoms with Crippen molar-refractivity contribution in [2.24, 2.45) is 0 Å². The fourth-order valence-electron chi connectivity index (χ4n) is 11.3. The van der Waals surface area contributed by atoms with Gasteiger partial charge < -0.3 is 9.80 Å². The minimum Gasteiger partial charge on any atom is -0.310 e. The molecule has 0 radical (unpaired) electrons. The predicted molar refractivity (Wildman–Crippen MR) is 337 cm³/mol. The van der Waals surface area contributed by atoms with Crippen molar-refractivity contribution in [3.05, 3.63) is 315 Å². The summed E-state index contributed by atoms with van der Waals surface area (Å²) in [5, 5.41) is 4.83. The fraction of sp³-hybridized carbons (Fsp3) is 0. The lowest BCUT2D eigenvalue weighted by Gasteiger charge is -2.26. The lowest BCUT2D eigenvalue weighted by atomic mass is 9.91. The van der Waals surface area contributed by atoms with Crippen LogP contribution in [0.2, 0.25) is 0 Å². The van der Waals surface area contributed by atoms with E-state index in [4.69, 9.17) is 9.97 Å². The van der Waals surface area contributed by atoms with Gasteiger partial charge in [-0.2, -0.15) is 0 Å². The maximum atomic E-state index is 5.37. The molecule has 0 N–H and O–H groups in total. The Hall–Kier alpha value is -10.7. The molecule has 14 aromatic rings. The first-order valence-electron chi connectivity index (χ1n) is 27.2. The van der Waals surface area contributed by atoms with E-state index in [-0.39, 0.29) is 0 Å². The van der Waals surface area contributed by atoms with Crippen molar-refractivity contribution in [1.29, 1.82) is 0 Å². The summed E-state index contributed by atoms with van der Waals surface area (Å²) in [4.78, 5) is 15.4. The largest absolute Gasteiger partial charge is 0.310 e. The highest BCUT2D eigenvalue weighted by atomic mass is 15.1. The van der Waals surface area contributed by atoms with E-state index in [0.29, 0.717) is 0 Å². The van der Waals surface area contributed by atoms with Gasteiger partial charge in [-0.1, -0.05) is 218 Å². The van der Waals surface area contributed by atoms with E-state index in [9.17, 15) is 0 Å². The first-order valence-corrected chi connectivity index (χ1v) is 27.2. The molecule has 0 unspecified atom stereocenters. The van der Waals surface area contributed by atoms with Gasteiger partial charge in [0.1, 0.15) is 0 Å². The van der Waals surface area contributed by atoms with Crippen LogP contribution in [0.4, 0.5) is 34.1 Å². The van der Waals surface area contributed by atoms with Crippen LogP contribution in [0.1, 0.15) is 0 Å². The number of rotatable bonds is 12. The standard InChI is InChI=1S/C76H52N4/c1-5-23-63(24-6-1)79(64-25-7-2-8-26-64)67-45-47-69(71(51-67)61-43-33-53-19-13-15-21-59(53)49-61)55-35-39-57(40-36-55)75-76(78-74-32-18-17-31-73(74)77-75)58-41-37-56(38-42-58)70-48-46-68(52-72(70)62-44-34-54-20-14-16-22-60(54)50-62)80(65-27-9-3-10-28-65)66-29-11-4-12-30-66/h1-52H. The van der Waals surface area contributed by atoms with Gasteiger partial charge in [0.05, 0.1) is 22.4 Å². The van der Waals surface area contributed by atoms with Crippen LogP contribution < -0.4 is 9.80 Å². The number of nitrogens with zero attached hydrogens (tertiary/aromatic N) is 4. The SMILES string of the molecule is c1ccc(N(c2ccccc2)c2ccc(-c3ccc(-c4nc5ccccc5nc4-c4ccc(-c5ccc(N(c6ccccc6)c6ccccc6)cc5-c5ccc6ccccc6c5)cc4)cc3)c(-c3ccc4ccccc4c3)c2)cc1. The van der Waals surface area contributed by atoms with Crippen molar-refractivity contribution in [1.82, 2.24) is 9.97 Å². The highest BCUT2D eigenvalue weighted by Gasteiger charge is 2.21. The van der Waals surface area contributed by atoms with Crippen LogP contribution in [0.25, 0.3) is 99.6 Å². The summed E-state index contributed by atoms with van der Waals surface area (Å²) in [6.45, 7) is 0. The maximum Gasteiger partial charge on any atom is 0.0973 e. The minimum absolute atomic E-state index is 0.831. The third kappa shape index (κ3) is 9.31. The van der Waals surface area contributed by atoms with Gasteiger partial charge in [-0.05, 0) is 163 Å². The van der Waals surface area contributed by atoms with Crippen LogP contribution in [0.3, 0.4) is 0 Å². The molecule has 0 aliphatic heterocycles. The van der Waals surface area contributed by atoms with E-state index < -0.39 is 0 Å². The first-order chi connectivity index (χ1) is 39.6. The number of aromatic nitrogens is 2. The predicted octanol–water partition coefficient (Wildman–Crippen LogP) is 20.9. The summed E-state index contributed by atoms with van der Waals surface area (Å²) in [6.07, 6.45) is 0. The number of para-hydroxylation sites is 6. The zero-order chi connectivity index (χ0) is 53.2. The molecule has 376 valence electrons. The molecule has 0 saturated carbocycles. The van der Waals surface area contributed by atoms with Crippen LogP contribution in [-0.2, 0) is 0 Å². The Labute approximate surface area is 466 Å². The molecule has 0 aliphatic rings. The molecule has 4 heteroatoms. The number of hydrogen-bond donors (Lipinski definition) is 0. The molecule has 0 atom stereocenters. The zero-order valence-corrected chi connectivity index (χ0v) is 43.8. The molecule has 80 heavy (non-hydrogen) atoms. The molecule has 1 aromatic heterocycles. The van der Waals surface area contributed by atoms with Crippen molar-refractivity contribution in [3.8, 4) is 67.0 Å². The van der Waals surface area contributed by atoms with Crippen LogP contribution >= 0.6 is 0 Å². The summed E-state index contributed by atoms with van der Waals surface area (Å²) in [6, 6.07) is 113. The Morgan fingerprint density at radius 1 is 0.188 bits per heavy atom. The topological polar surface area (TPSA) is 32.3 Å². The number of fused-ring (bicyclic) bond motifs is 3. The molecule has 13 aromatic carbocycles. The van der Waals surface area contributed by atoms with Gasteiger partial charge in [0, 0.05) is 45.3 Å². The lowest BCUT2D eigenvalue weighted by Crippen LogP contribution is -2.10. The van der Waals surface area contributed by atoms with Gasteiger partial charge in [0.2, 0.25) is 0 Å². The lowest BCUT2D eigenvalue weighted by molar-refractivity contribution is 1.28. The molecule has 0 bridgehead atoms. The molecular formula is C76H52N4. The second-order valence-corrected chi connectivity index (χ2v) is 20.2. The van der Waals surface area contributed by atoms with Crippen molar-refractivity contribution in [2.75, 3.05) is 9.80 Å². The average Bonchev–Trinajstić information content (AvgIpc) is 3.55. The third-order valence-electron chi connectivity index (χ3n) is 15.2. The summed E-state index contributed by atoms with van der Waals surface area (Å²) in [7, 11) is 0. The van der Waals surface area contributed by atoms with Gasteiger partial charge in [-0.3, -0.25) is 0 Å². The van der Waals surface area contributed by atoms with Gasteiger partial charge >= 0.3 is 0 Å². The Balaban J connectivity index is 0.858. The maximum absolute atomic E-state index is 5.37. The van der Waals surface area contributed by atoms with Crippen LogP contribution in [-0.4, -0.2) is 9.97 Å². The van der Waals surface area contributed by atoms with Crippen LogP contribution in [0, 0.1) is 0 Å². The van der Waals surface area contributed by atoms with E-state index in [1.807, 2.05) is 24.3 Å². The second kappa shape index (κ2) is 21.0. The Morgan fingerprint density at radius 3 is 0.850 bits per heavy atom. The van der Waals surface area contributed by atoms with Crippen LogP contribution in [0.5, 0.6) is 0 Å². The first kappa shape index (κ1) is 47.7. The minimum atomic E-state index is 0.831. The molecule has 0 aliphatic carbocycles.